The Hall–Kier alpha value is -2.89. The summed E-state index contributed by atoms with van der Waals surface area (Å²) in [5.41, 5.74) is 2.83. The molecule has 0 saturated carbocycles. The SMILES string of the molecule is Cn1cnnc1-c1cccc(NCc2ccc(O)cn2)c1. The zero-order valence-electron chi connectivity index (χ0n) is 11.6. The third-order valence-electron chi connectivity index (χ3n) is 3.11. The van der Waals surface area contributed by atoms with Crippen molar-refractivity contribution in [3.8, 4) is 17.1 Å². The van der Waals surface area contributed by atoms with Gasteiger partial charge in [-0.3, -0.25) is 4.98 Å². The van der Waals surface area contributed by atoms with Crippen LogP contribution < -0.4 is 5.32 Å². The molecule has 6 nitrogen and oxygen atoms in total. The summed E-state index contributed by atoms with van der Waals surface area (Å²) in [6, 6.07) is 11.4. The Morgan fingerprint density at radius 2 is 2.14 bits per heavy atom. The first-order valence-electron chi connectivity index (χ1n) is 6.54. The number of anilines is 1. The van der Waals surface area contributed by atoms with Gasteiger partial charge in [-0.25, -0.2) is 0 Å². The van der Waals surface area contributed by atoms with Gasteiger partial charge in [0.05, 0.1) is 18.4 Å². The van der Waals surface area contributed by atoms with Crippen molar-refractivity contribution in [2.75, 3.05) is 5.32 Å². The molecule has 0 aliphatic rings. The van der Waals surface area contributed by atoms with E-state index < -0.39 is 0 Å². The number of aromatic hydroxyl groups is 1. The van der Waals surface area contributed by atoms with Gasteiger partial charge in [-0.1, -0.05) is 12.1 Å². The molecule has 0 bridgehead atoms. The number of pyridine rings is 1. The molecule has 3 aromatic rings. The summed E-state index contributed by atoms with van der Waals surface area (Å²) in [5.74, 6) is 0.990. The van der Waals surface area contributed by atoms with E-state index in [0.717, 1.165) is 22.8 Å². The van der Waals surface area contributed by atoms with Crippen molar-refractivity contribution in [1.29, 1.82) is 0 Å². The molecule has 0 atom stereocenters. The Bertz CT molecular complexity index is 736. The van der Waals surface area contributed by atoms with E-state index in [1.165, 1.54) is 6.20 Å². The lowest BCUT2D eigenvalue weighted by Crippen LogP contribution is -2.01. The first kappa shape index (κ1) is 13.1. The maximum Gasteiger partial charge on any atom is 0.163 e. The summed E-state index contributed by atoms with van der Waals surface area (Å²) >= 11 is 0. The fourth-order valence-corrected chi connectivity index (χ4v) is 2.03. The van der Waals surface area contributed by atoms with E-state index in [2.05, 4.69) is 20.5 Å². The molecule has 3 rings (SSSR count). The molecule has 2 heterocycles. The maximum absolute atomic E-state index is 9.21. The Morgan fingerprint density at radius 1 is 1.24 bits per heavy atom. The Labute approximate surface area is 122 Å². The second-order valence-corrected chi connectivity index (χ2v) is 4.71. The minimum absolute atomic E-state index is 0.169. The average Bonchev–Trinajstić information content (AvgIpc) is 2.93. The van der Waals surface area contributed by atoms with E-state index in [0.29, 0.717) is 6.54 Å². The van der Waals surface area contributed by atoms with Gasteiger partial charge in [0, 0.05) is 18.3 Å². The van der Waals surface area contributed by atoms with Gasteiger partial charge in [0.15, 0.2) is 5.82 Å². The van der Waals surface area contributed by atoms with Gasteiger partial charge >= 0.3 is 0 Å². The molecule has 0 aliphatic heterocycles. The monoisotopic (exact) mass is 281 g/mol. The van der Waals surface area contributed by atoms with Crippen molar-refractivity contribution < 1.29 is 5.11 Å². The third-order valence-corrected chi connectivity index (χ3v) is 3.11. The van der Waals surface area contributed by atoms with Crippen LogP contribution in [0.1, 0.15) is 5.69 Å². The number of aromatic nitrogens is 4. The van der Waals surface area contributed by atoms with Gasteiger partial charge in [-0.2, -0.15) is 0 Å². The van der Waals surface area contributed by atoms with Crippen molar-refractivity contribution >= 4 is 5.69 Å². The molecule has 6 heteroatoms. The highest BCUT2D eigenvalue weighted by Crippen LogP contribution is 2.20. The zero-order valence-corrected chi connectivity index (χ0v) is 11.6. The second kappa shape index (κ2) is 5.62. The first-order chi connectivity index (χ1) is 10.2. The average molecular weight is 281 g/mol. The molecule has 0 aliphatic carbocycles. The largest absolute Gasteiger partial charge is 0.506 e. The maximum atomic E-state index is 9.21. The predicted molar refractivity (Wildman–Crippen MR) is 79.7 cm³/mol. The minimum atomic E-state index is 0.169. The topological polar surface area (TPSA) is 75.9 Å². The van der Waals surface area contributed by atoms with Crippen molar-refractivity contribution in [1.82, 2.24) is 19.7 Å². The van der Waals surface area contributed by atoms with Crippen LogP contribution in [0.5, 0.6) is 5.75 Å². The van der Waals surface area contributed by atoms with Crippen LogP contribution in [0.2, 0.25) is 0 Å². The Morgan fingerprint density at radius 3 is 2.86 bits per heavy atom. The molecule has 0 radical (unpaired) electrons. The summed E-state index contributed by atoms with van der Waals surface area (Å²) in [4.78, 5) is 4.14. The molecule has 0 spiro atoms. The quantitative estimate of drug-likeness (QED) is 0.766. The van der Waals surface area contributed by atoms with E-state index >= 15 is 0 Å². The molecule has 21 heavy (non-hydrogen) atoms. The van der Waals surface area contributed by atoms with Crippen LogP contribution in [-0.2, 0) is 13.6 Å². The van der Waals surface area contributed by atoms with Crippen molar-refractivity contribution in [2.24, 2.45) is 7.05 Å². The fraction of sp³-hybridized carbons (Fsp3) is 0.133. The number of nitrogens with one attached hydrogen (secondary N) is 1. The lowest BCUT2D eigenvalue weighted by molar-refractivity contribution is 0.472. The third kappa shape index (κ3) is 3.00. The number of hydrogen-bond acceptors (Lipinski definition) is 5. The van der Waals surface area contributed by atoms with Crippen LogP contribution in [0.4, 0.5) is 5.69 Å². The molecule has 106 valence electrons. The lowest BCUT2D eigenvalue weighted by atomic mass is 10.2. The highest BCUT2D eigenvalue weighted by molar-refractivity contribution is 5.62. The highest BCUT2D eigenvalue weighted by atomic mass is 16.3. The number of hydrogen-bond donors (Lipinski definition) is 2. The van der Waals surface area contributed by atoms with Gasteiger partial charge in [0.2, 0.25) is 0 Å². The molecule has 0 unspecified atom stereocenters. The minimum Gasteiger partial charge on any atom is -0.506 e. The molecular formula is C15H15N5O. The highest BCUT2D eigenvalue weighted by Gasteiger charge is 2.05. The van der Waals surface area contributed by atoms with Gasteiger partial charge in [-0.05, 0) is 24.3 Å². The van der Waals surface area contributed by atoms with Crippen molar-refractivity contribution in [2.45, 2.75) is 6.54 Å². The van der Waals surface area contributed by atoms with Crippen molar-refractivity contribution in [3.63, 3.8) is 0 Å². The summed E-state index contributed by atoms with van der Waals surface area (Å²) in [6.45, 7) is 0.586. The van der Waals surface area contributed by atoms with E-state index in [4.69, 9.17) is 0 Å². The van der Waals surface area contributed by atoms with Crippen LogP contribution in [0.25, 0.3) is 11.4 Å². The lowest BCUT2D eigenvalue weighted by Gasteiger charge is -2.08. The summed E-state index contributed by atoms with van der Waals surface area (Å²) in [5, 5.41) is 20.5. The molecule has 0 amide bonds. The summed E-state index contributed by atoms with van der Waals surface area (Å²) in [6.07, 6.45) is 3.11. The molecule has 0 fully saturated rings. The van der Waals surface area contributed by atoms with Gasteiger partial charge in [0.1, 0.15) is 12.1 Å². The van der Waals surface area contributed by atoms with Crippen molar-refractivity contribution in [3.05, 3.63) is 54.6 Å². The van der Waals surface area contributed by atoms with Gasteiger partial charge in [-0.15, -0.1) is 10.2 Å². The normalized spacial score (nSPS) is 10.5. The van der Waals surface area contributed by atoms with E-state index in [9.17, 15) is 5.11 Å². The van der Waals surface area contributed by atoms with Crippen LogP contribution in [-0.4, -0.2) is 24.9 Å². The van der Waals surface area contributed by atoms with Crippen LogP contribution in [0.15, 0.2) is 48.9 Å². The Balaban J connectivity index is 1.74. The van der Waals surface area contributed by atoms with Gasteiger partial charge in [0.25, 0.3) is 0 Å². The molecular weight excluding hydrogens is 266 g/mol. The van der Waals surface area contributed by atoms with E-state index in [1.807, 2.05) is 35.9 Å². The molecule has 2 N–H and O–H groups in total. The van der Waals surface area contributed by atoms with Gasteiger partial charge < -0.3 is 15.0 Å². The summed E-state index contributed by atoms with van der Waals surface area (Å²) < 4.78 is 1.88. The summed E-state index contributed by atoms with van der Waals surface area (Å²) in [7, 11) is 1.91. The smallest absolute Gasteiger partial charge is 0.163 e. The predicted octanol–water partition coefficient (Wildman–Crippen LogP) is 2.19. The molecule has 2 aromatic heterocycles. The molecule has 0 saturated heterocycles. The standard InChI is InChI=1S/C15H15N5O/c1-20-10-18-19-15(20)11-3-2-4-12(7-11)16-8-13-5-6-14(21)9-17-13/h2-7,9-10,16,21H,8H2,1H3. The zero-order chi connectivity index (χ0) is 14.7. The molecule has 1 aromatic carbocycles. The number of rotatable bonds is 4. The number of nitrogens with zero attached hydrogens (tertiary/aromatic N) is 4. The van der Waals surface area contributed by atoms with Crippen LogP contribution in [0.3, 0.4) is 0 Å². The number of benzene rings is 1. The van der Waals surface area contributed by atoms with Crippen LogP contribution >= 0.6 is 0 Å². The number of aryl methyl sites for hydroxylation is 1. The Kier molecular flexibility index (Phi) is 3.51. The van der Waals surface area contributed by atoms with Crippen LogP contribution in [0, 0.1) is 0 Å². The second-order valence-electron chi connectivity index (χ2n) is 4.71. The fourth-order valence-electron chi connectivity index (χ4n) is 2.03. The first-order valence-corrected chi connectivity index (χ1v) is 6.54. The van der Waals surface area contributed by atoms with E-state index in [1.54, 1.807) is 18.5 Å². The van der Waals surface area contributed by atoms with E-state index in [-0.39, 0.29) is 5.75 Å².